The second-order valence-corrected chi connectivity index (χ2v) is 5.59. The number of aliphatic hydroxyl groups is 1. The van der Waals surface area contributed by atoms with Gasteiger partial charge in [-0.2, -0.15) is 0 Å². The average molecular weight is 324 g/mol. The average Bonchev–Trinajstić information content (AvgIpc) is 2.49. The maximum absolute atomic E-state index is 13.4. The van der Waals surface area contributed by atoms with Crippen molar-refractivity contribution in [3.63, 3.8) is 0 Å². The molecular formula is C17H19ClFNO2. The molecule has 1 unspecified atom stereocenters. The van der Waals surface area contributed by atoms with Crippen molar-refractivity contribution >= 4 is 11.6 Å². The largest absolute Gasteiger partial charge is 0.488 e. The van der Waals surface area contributed by atoms with Crippen molar-refractivity contribution in [1.82, 2.24) is 4.90 Å². The van der Waals surface area contributed by atoms with E-state index in [9.17, 15) is 9.50 Å². The Hall–Kier alpha value is -1.62. The number of nitrogens with zero attached hydrogens (tertiary/aromatic N) is 1. The zero-order valence-corrected chi connectivity index (χ0v) is 13.1. The molecule has 2 aromatic carbocycles. The highest BCUT2D eigenvalue weighted by Gasteiger charge is 2.12. The number of likely N-dealkylation sites (N-methyl/N-ethyl adjacent to an activating group) is 1. The lowest BCUT2D eigenvalue weighted by atomic mass is 10.2. The van der Waals surface area contributed by atoms with Gasteiger partial charge in [0.15, 0.2) is 11.6 Å². The zero-order chi connectivity index (χ0) is 15.9. The Morgan fingerprint density at radius 2 is 1.86 bits per heavy atom. The van der Waals surface area contributed by atoms with Gasteiger partial charge in [-0.15, -0.1) is 0 Å². The summed E-state index contributed by atoms with van der Waals surface area (Å²) in [6.07, 6.45) is -0.716. The van der Waals surface area contributed by atoms with E-state index >= 15 is 0 Å². The predicted molar refractivity (Wildman–Crippen MR) is 85.7 cm³/mol. The first-order valence-corrected chi connectivity index (χ1v) is 7.41. The molecule has 0 aromatic heterocycles. The Morgan fingerprint density at radius 1 is 1.18 bits per heavy atom. The molecule has 0 spiro atoms. The first-order chi connectivity index (χ1) is 10.6. The van der Waals surface area contributed by atoms with Gasteiger partial charge in [0.05, 0.1) is 0 Å². The van der Waals surface area contributed by atoms with E-state index in [1.807, 2.05) is 36.2 Å². The number of aliphatic hydroxyl groups excluding tert-OH is 1. The van der Waals surface area contributed by atoms with E-state index in [-0.39, 0.29) is 12.4 Å². The first-order valence-electron chi connectivity index (χ1n) is 7.03. The third-order valence-corrected chi connectivity index (χ3v) is 3.56. The molecule has 0 saturated carbocycles. The molecule has 0 heterocycles. The molecule has 0 bridgehead atoms. The van der Waals surface area contributed by atoms with Crippen LogP contribution in [-0.4, -0.2) is 36.3 Å². The second-order valence-electron chi connectivity index (χ2n) is 5.18. The summed E-state index contributed by atoms with van der Waals surface area (Å²) in [5, 5.41) is 10.7. The lowest BCUT2D eigenvalue weighted by molar-refractivity contribution is 0.0728. The summed E-state index contributed by atoms with van der Waals surface area (Å²) < 4.78 is 18.7. The summed E-state index contributed by atoms with van der Waals surface area (Å²) in [4.78, 5) is 1.94. The van der Waals surface area contributed by atoms with Crippen molar-refractivity contribution in [2.75, 3.05) is 20.2 Å². The maximum Gasteiger partial charge on any atom is 0.165 e. The minimum atomic E-state index is -0.716. The van der Waals surface area contributed by atoms with Crippen molar-refractivity contribution < 1.29 is 14.2 Å². The van der Waals surface area contributed by atoms with E-state index in [0.29, 0.717) is 18.1 Å². The lowest BCUT2D eigenvalue weighted by Gasteiger charge is -2.21. The van der Waals surface area contributed by atoms with Gasteiger partial charge in [0, 0.05) is 18.1 Å². The summed E-state index contributed by atoms with van der Waals surface area (Å²) in [5.41, 5.74) is 0.994. The third-order valence-electron chi connectivity index (χ3n) is 3.19. The fourth-order valence-electron chi connectivity index (χ4n) is 2.14. The highest BCUT2D eigenvalue weighted by atomic mass is 35.5. The van der Waals surface area contributed by atoms with E-state index in [2.05, 4.69) is 0 Å². The van der Waals surface area contributed by atoms with Gasteiger partial charge in [0.25, 0.3) is 0 Å². The molecule has 2 rings (SSSR count). The first kappa shape index (κ1) is 16.7. The van der Waals surface area contributed by atoms with Crippen LogP contribution < -0.4 is 4.74 Å². The third kappa shape index (κ3) is 4.98. The number of ether oxygens (including phenoxy) is 1. The van der Waals surface area contributed by atoms with Gasteiger partial charge in [0.1, 0.15) is 12.7 Å². The van der Waals surface area contributed by atoms with Crippen LogP contribution >= 0.6 is 11.6 Å². The van der Waals surface area contributed by atoms with Crippen LogP contribution in [0, 0.1) is 5.82 Å². The Bertz CT molecular complexity index is 609. The van der Waals surface area contributed by atoms with Crippen LogP contribution in [0.2, 0.25) is 5.02 Å². The van der Waals surface area contributed by atoms with Crippen molar-refractivity contribution in [2.45, 2.75) is 12.6 Å². The number of para-hydroxylation sites is 1. The highest BCUT2D eigenvalue weighted by Crippen LogP contribution is 2.17. The van der Waals surface area contributed by atoms with E-state index in [0.717, 1.165) is 5.56 Å². The van der Waals surface area contributed by atoms with Crippen LogP contribution in [0.25, 0.3) is 0 Å². The fraction of sp³-hybridized carbons (Fsp3) is 0.294. The van der Waals surface area contributed by atoms with Gasteiger partial charge >= 0.3 is 0 Å². The van der Waals surface area contributed by atoms with Crippen molar-refractivity contribution in [2.24, 2.45) is 0 Å². The van der Waals surface area contributed by atoms with E-state index in [4.69, 9.17) is 16.3 Å². The maximum atomic E-state index is 13.4. The molecule has 2 aromatic rings. The van der Waals surface area contributed by atoms with Crippen LogP contribution in [0.4, 0.5) is 4.39 Å². The molecule has 0 amide bonds. The Kier molecular flexibility index (Phi) is 6.19. The van der Waals surface area contributed by atoms with Gasteiger partial charge in [-0.05, 0) is 30.8 Å². The lowest BCUT2D eigenvalue weighted by Crippen LogP contribution is -2.32. The smallest absolute Gasteiger partial charge is 0.165 e. The summed E-state index contributed by atoms with van der Waals surface area (Å²) in [7, 11) is 1.88. The molecule has 0 aliphatic rings. The molecule has 22 heavy (non-hydrogen) atoms. The van der Waals surface area contributed by atoms with Crippen molar-refractivity contribution in [1.29, 1.82) is 0 Å². The van der Waals surface area contributed by atoms with Crippen LogP contribution in [0.15, 0.2) is 48.5 Å². The SMILES string of the molecule is CN(Cc1ccccc1Cl)CC(O)COc1ccccc1F. The summed E-state index contributed by atoms with van der Waals surface area (Å²) in [6, 6.07) is 13.7. The van der Waals surface area contributed by atoms with Gasteiger partial charge in [-0.1, -0.05) is 41.9 Å². The molecule has 1 atom stereocenters. The molecule has 0 radical (unpaired) electrons. The molecule has 0 aliphatic carbocycles. The fourth-order valence-corrected chi connectivity index (χ4v) is 2.34. The quantitative estimate of drug-likeness (QED) is 0.848. The molecule has 118 valence electrons. The Labute approximate surface area is 134 Å². The minimum Gasteiger partial charge on any atom is -0.488 e. The molecule has 1 N–H and O–H groups in total. The van der Waals surface area contributed by atoms with Crippen LogP contribution in [-0.2, 0) is 6.54 Å². The molecule has 3 nitrogen and oxygen atoms in total. The van der Waals surface area contributed by atoms with Gasteiger partial charge < -0.3 is 9.84 Å². The van der Waals surface area contributed by atoms with Crippen molar-refractivity contribution in [3.05, 3.63) is 64.9 Å². The second kappa shape index (κ2) is 8.13. The van der Waals surface area contributed by atoms with Gasteiger partial charge in [-0.25, -0.2) is 4.39 Å². The van der Waals surface area contributed by atoms with E-state index in [1.54, 1.807) is 12.1 Å². The number of rotatable bonds is 7. The minimum absolute atomic E-state index is 0.0355. The molecule has 0 aliphatic heterocycles. The van der Waals surface area contributed by atoms with Gasteiger partial charge in [0.2, 0.25) is 0 Å². The summed E-state index contributed by atoms with van der Waals surface area (Å²) in [5.74, 6) is -0.283. The molecular weight excluding hydrogens is 305 g/mol. The number of halogens is 2. The zero-order valence-electron chi connectivity index (χ0n) is 12.4. The predicted octanol–water partition coefficient (Wildman–Crippen LogP) is 3.35. The standard InChI is InChI=1S/C17H19ClFNO2/c1-20(10-13-6-2-3-7-15(13)18)11-14(21)12-22-17-9-5-4-8-16(17)19/h2-9,14,21H,10-12H2,1H3. The van der Waals surface area contributed by atoms with Crippen LogP contribution in [0.5, 0.6) is 5.75 Å². The molecule has 0 saturated heterocycles. The number of hydrogen-bond acceptors (Lipinski definition) is 3. The van der Waals surface area contributed by atoms with Gasteiger partial charge in [-0.3, -0.25) is 4.90 Å². The Morgan fingerprint density at radius 3 is 2.59 bits per heavy atom. The normalized spacial score (nSPS) is 12.4. The summed E-state index contributed by atoms with van der Waals surface area (Å²) in [6.45, 7) is 1.06. The topological polar surface area (TPSA) is 32.7 Å². The summed E-state index contributed by atoms with van der Waals surface area (Å²) >= 11 is 6.11. The van der Waals surface area contributed by atoms with E-state index < -0.39 is 11.9 Å². The molecule has 5 heteroatoms. The van der Waals surface area contributed by atoms with Crippen molar-refractivity contribution in [3.8, 4) is 5.75 Å². The number of hydrogen-bond donors (Lipinski definition) is 1. The van der Waals surface area contributed by atoms with Crippen LogP contribution in [0.3, 0.4) is 0 Å². The highest BCUT2D eigenvalue weighted by molar-refractivity contribution is 6.31. The monoisotopic (exact) mass is 323 g/mol. The number of benzene rings is 2. The van der Waals surface area contributed by atoms with E-state index in [1.165, 1.54) is 12.1 Å². The Balaban J connectivity index is 1.80. The van der Waals surface area contributed by atoms with Crippen LogP contribution in [0.1, 0.15) is 5.56 Å². The molecule has 0 fully saturated rings.